The zero-order chi connectivity index (χ0) is 20.6. The average molecular weight is 414 g/mol. The summed E-state index contributed by atoms with van der Waals surface area (Å²) in [5, 5.41) is 0. The lowest BCUT2D eigenvalue weighted by atomic mass is 9.76. The van der Waals surface area contributed by atoms with E-state index in [9.17, 15) is 9.18 Å². The first-order valence-corrected chi connectivity index (χ1v) is 10.2. The molecular formula is C21H23FN4O4. The molecule has 2 aromatic rings. The standard InChI is InChI=1S/C21H23FN4O4/c22-3-6-28-15-7-14(10-24-11-15)13-29-16-8-21(9-16)20(27)26-18(1-2-19(26)30-21)17-12-23-4-5-25-17/h4-5,7,10-12,16,18-19H,1-3,6,8-9,13H2/t16?,18-,19?,21?/m0/s1. The molecule has 0 bridgehead atoms. The number of ether oxygens (including phenoxy) is 3. The van der Waals surface area contributed by atoms with Gasteiger partial charge in [0.2, 0.25) is 0 Å². The van der Waals surface area contributed by atoms with Gasteiger partial charge in [-0.2, -0.15) is 0 Å². The monoisotopic (exact) mass is 414 g/mol. The van der Waals surface area contributed by atoms with Crippen LogP contribution in [0.5, 0.6) is 5.75 Å². The van der Waals surface area contributed by atoms with Crippen LogP contribution in [0.25, 0.3) is 0 Å². The van der Waals surface area contributed by atoms with Crippen molar-refractivity contribution in [3.8, 4) is 5.75 Å². The summed E-state index contributed by atoms with van der Waals surface area (Å²) in [5.74, 6) is 0.549. The molecular weight excluding hydrogens is 391 g/mol. The predicted molar refractivity (Wildman–Crippen MR) is 102 cm³/mol. The summed E-state index contributed by atoms with van der Waals surface area (Å²) in [4.78, 5) is 27.6. The Morgan fingerprint density at radius 2 is 2.10 bits per heavy atom. The van der Waals surface area contributed by atoms with Crippen molar-refractivity contribution < 1.29 is 23.4 Å². The Hall–Kier alpha value is -2.65. The third-order valence-electron chi connectivity index (χ3n) is 5.96. The molecule has 2 atom stereocenters. The number of halogens is 1. The zero-order valence-electron chi connectivity index (χ0n) is 16.4. The first-order valence-electron chi connectivity index (χ1n) is 10.2. The molecule has 30 heavy (non-hydrogen) atoms. The fourth-order valence-corrected chi connectivity index (χ4v) is 4.54. The first kappa shape index (κ1) is 19.3. The number of fused-ring (bicyclic) bond motifs is 1. The number of alkyl halides is 1. The van der Waals surface area contributed by atoms with Crippen molar-refractivity contribution in [1.29, 1.82) is 0 Å². The van der Waals surface area contributed by atoms with Crippen LogP contribution in [0.1, 0.15) is 43.0 Å². The van der Waals surface area contributed by atoms with Gasteiger partial charge in [-0.15, -0.1) is 0 Å². The molecule has 2 aliphatic heterocycles. The molecule has 3 aliphatic rings. The maximum absolute atomic E-state index is 13.2. The van der Waals surface area contributed by atoms with Crippen LogP contribution < -0.4 is 4.74 Å². The van der Waals surface area contributed by atoms with Gasteiger partial charge in [0.05, 0.1) is 36.8 Å². The van der Waals surface area contributed by atoms with Crippen LogP contribution in [0.4, 0.5) is 4.39 Å². The van der Waals surface area contributed by atoms with Crippen molar-refractivity contribution in [3.05, 3.63) is 48.3 Å². The quantitative estimate of drug-likeness (QED) is 0.687. The molecule has 158 valence electrons. The van der Waals surface area contributed by atoms with E-state index in [0.717, 1.165) is 24.1 Å². The van der Waals surface area contributed by atoms with Crippen LogP contribution >= 0.6 is 0 Å². The van der Waals surface area contributed by atoms with Gasteiger partial charge in [-0.25, -0.2) is 4.39 Å². The highest BCUT2D eigenvalue weighted by molar-refractivity contribution is 5.89. The Bertz CT molecular complexity index is 909. The van der Waals surface area contributed by atoms with E-state index in [0.29, 0.717) is 25.2 Å². The number of amides is 1. The van der Waals surface area contributed by atoms with Crippen LogP contribution in [0.2, 0.25) is 0 Å². The van der Waals surface area contributed by atoms with E-state index in [1.807, 2.05) is 4.90 Å². The third kappa shape index (κ3) is 3.41. The molecule has 1 aliphatic carbocycles. The van der Waals surface area contributed by atoms with E-state index in [1.54, 1.807) is 37.1 Å². The van der Waals surface area contributed by atoms with E-state index < -0.39 is 12.3 Å². The van der Waals surface area contributed by atoms with E-state index in [-0.39, 0.29) is 30.9 Å². The van der Waals surface area contributed by atoms with Gasteiger partial charge in [0.25, 0.3) is 5.91 Å². The summed E-state index contributed by atoms with van der Waals surface area (Å²) in [6.45, 7) is -0.192. The molecule has 5 rings (SSSR count). The summed E-state index contributed by atoms with van der Waals surface area (Å²) in [5.41, 5.74) is 0.874. The summed E-state index contributed by atoms with van der Waals surface area (Å²) in [6, 6.07) is 1.71. The highest BCUT2D eigenvalue weighted by Crippen LogP contribution is 2.51. The molecule has 4 heterocycles. The SMILES string of the molecule is O=C1N2C(CC[C@H]2c2cnccn2)OC12CC(OCc1cncc(OCCF)c1)C2. The summed E-state index contributed by atoms with van der Waals surface area (Å²) in [6.07, 6.45) is 10.7. The molecule has 1 amide bonds. The second kappa shape index (κ2) is 7.88. The van der Waals surface area contributed by atoms with Gasteiger partial charge in [-0.1, -0.05) is 0 Å². The number of hydrogen-bond donors (Lipinski definition) is 0. The van der Waals surface area contributed by atoms with Gasteiger partial charge in [-0.3, -0.25) is 19.7 Å². The maximum Gasteiger partial charge on any atom is 0.257 e. The van der Waals surface area contributed by atoms with Gasteiger partial charge < -0.3 is 19.1 Å². The number of pyridine rings is 1. The Morgan fingerprint density at radius 1 is 1.20 bits per heavy atom. The number of hydrogen-bond acceptors (Lipinski definition) is 7. The molecule has 1 spiro atoms. The van der Waals surface area contributed by atoms with E-state index in [4.69, 9.17) is 14.2 Å². The second-order valence-corrected chi connectivity index (χ2v) is 7.91. The number of nitrogens with zero attached hydrogens (tertiary/aromatic N) is 4. The van der Waals surface area contributed by atoms with Crippen LogP contribution in [0.3, 0.4) is 0 Å². The molecule has 1 unspecified atom stereocenters. The Kier molecular flexibility index (Phi) is 5.08. The topological polar surface area (TPSA) is 86.7 Å². The first-order chi connectivity index (χ1) is 14.7. The molecule has 0 aromatic carbocycles. The Morgan fingerprint density at radius 3 is 2.90 bits per heavy atom. The highest BCUT2D eigenvalue weighted by Gasteiger charge is 2.63. The van der Waals surface area contributed by atoms with Crippen molar-refractivity contribution in [2.45, 2.75) is 56.3 Å². The normalized spacial score (nSPS) is 29.8. The number of carbonyl (C=O) groups is 1. The molecule has 1 saturated carbocycles. The maximum atomic E-state index is 13.2. The van der Waals surface area contributed by atoms with E-state index in [2.05, 4.69) is 15.0 Å². The Balaban J connectivity index is 1.17. The van der Waals surface area contributed by atoms with Crippen LogP contribution in [-0.2, 0) is 20.9 Å². The minimum atomic E-state index is -0.777. The summed E-state index contributed by atoms with van der Waals surface area (Å²) < 4.78 is 29.6. The number of aromatic nitrogens is 3. The lowest BCUT2D eigenvalue weighted by molar-refractivity contribution is -0.177. The Labute approximate surface area is 173 Å². The van der Waals surface area contributed by atoms with Crippen molar-refractivity contribution in [2.24, 2.45) is 0 Å². The number of carbonyl (C=O) groups excluding carboxylic acids is 1. The molecule has 2 aromatic heterocycles. The van der Waals surface area contributed by atoms with Gasteiger partial charge >= 0.3 is 0 Å². The molecule has 0 radical (unpaired) electrons. The predicted octanol–water partition coefficient (Wildman–Crippen LogP) is 2.36. The van der Waals surface area contributed by atoms with Crippen LogP contribution in [0, 0.1) is 0 Å². The second-order valence-electron chi connectivity index (χ2n) is 7.91. The van der Waals surface area contributed by atoms with Crippen molar-refractivity contribution in [2.75, 3.05) is 13.3 Å². The largest absolute Gasteiger partial charge is 0.489 e. The molecule has 9 heteroatoms. The fourth-order valence-electron chi connectivity index (χ4n) is 4.54. The lowest BCUT2D eigenvalue weighted by Crippen LogP contribution is -2.54. The highest BCUT2D eigenvalue weighted by atomic mass is 19.1. The zero-order valence-corrected chi connectivity index (χ0v) is 16.4. The summed E-state index contributed by atoms with van der Waals surface area (Å²) >= 11 is 0. The van der Waals surface area contributed by atoms with Crippen LogP contribution in [-0.4, -0.2) is 57.0 Å². The number of rotatable bonds is 7. The molecule has 2 saturated heterocycles. The van der Waals surface area contributed by atoms with Gasteiger partial charge in [-0.05, 0) is 24.5 Å². The van der Waals surface area contributed by atoms with Gasteiger partial charge in [0.1, 0.15) is 25.3 Å². The minimum absolute atomic E-state index is 0.00378. The van der Waals surface area contributed by atoms with E-state index >= 15 is 0 Å². The molecule has 0 N–H and O–H groups in total. The molecule has 8 nitrogen and oxygen atoms in total. The fraction of sp³-hybridized carbons (Fsp3) is 0.524. The van der Waals surface area contributed by atoms with Crippen molar-refractivity contribution in [3.63, 3.8) is 0 Å². The van der Waals surface area contributed by atoms with Crippen molar-refractivity contribution >= 4 is 5.91 Å². The van der Waals surface area contributed by atoms with Crippen molar-refractivity contribution in [1.82, 2.24) is 19.9 Å². The summed E-state index contributed by atoms with van der Waals surface area (Å²) in [7, 11) is 0. The lowest BCUT2D eigenvalue weighted by Gasteiger charge is -2.42. The minimum Gasteiger partial charge on any atom is -0.489 e. The average Bonchev–Trinajstić information content (AvgIpc) is 3.29. The van der Waals surface area contributed by atoms with Gasteiger partial charge in [0, 0.05) is 31.4 Å². The third-order valence-corrected chi connectivity index (χ3v) is 5.96. The molecule has 3 fully saturated rings. The van der Waals surface area contributed by atoms with Gasteiger partial charge in [0.15, 0.2) is 5.60 Å². The smallest absolute Gasteiger partial charge is 0.257 e. The van der Waals surface area contributed by atoms with Crippen LogP contribution in [0.15, 0.2) is 37.1 Å². The van der Waals surface area contributed by atoms with E-state index in [1.165, 1.54) is 0 Å².